The topological polar surface area (TPSA) is 33.1 Å². The standard InChI is InChI=1S/C11H10BrNO/c12-7-11(14)10-6-5-8-3-1-2-4-9(8)13-10/h1-6,11,14H,7H2. The first-order chi connectivity index (χ1) is 6.81. The van der Waals surface area contributed by atoms with Crippen LogP contribution in [0.3, 0.4) is 0 Å². The van der Waals surface area contributed by atoms with Gasteiger partial charge in [0.2, 0.25) is 0 Å². The number of aliphatic hydroxyl groups excluding tert-OH is 1. The Morgan fingerprint density at radius 3 is 2.79 bits per heavy atom. The SMILES string of the molecule is OC(CBr)c1ccc2ccccc2n1. The van der Waals surface area contributed by atoms with Gasteiger partial charge in [0, 0.05) is 10.7 Å². The summed E-state index contributed by atoms with van der Waals surface area (Å²) in [5, 5.41) is 11.2. The van der Waals surface area contributed by atoms with Crippen LogP contribution in [0, 0.1) is 0 Å². The smallest absolute Gasteiger partial charge is 0.106 e. The normalized spacial score (nSPS) is 13.0. The zero-order valence-corrected chi connectivity index (χ0v) is 9.11. The summed E-state index contributed by atoms with van der Waals surface area (Å²) in [5.74, 6) is 0. The molecule has 1 aromatic carbocycles. The first-order valence-electron chi connectivity index (χ1n) is 4.41. The number of aromatic nitrogens is 1. The molecule has 0 aliphatic rings. The zero-order chi connectivity index (χ0) is 9.97. The number of alkyl halides is 1. The lowest BCUT2D eigenvalue weighted by Crippen LogP contribution is -2.00. The van der Waals surface area contributed by atoms with E-state index in [0.29, 0.717) is 11.0 Å². The second-order valence-electron chi connectivity index (χ2n) is 3.10. The minimum atomic E-state index is -0.528. The number of pyridine rings is 1. The Morgan fingerprint density at radius 1 is 1.21 bits per heavy atom. The molecule has 0 aliphatic carbocycles. The summed E-state index contributed by atoms with van der Waals surface area (Å²) in [4.78, 5) is 4.37. The van der Waals surface area contributed by atoms with Crippen LogP contribution in [0.25, 0.3) is 10.9 Å². The molecule has 2 rings (SSSR count). The van der Waals surface area contributed by atoms with Crippen molar-refractivity contribution >= 4 is 26.8 Å². The molecule has 2 nitrogen and oxygen atoms in total. The molecule has 14 heavy (non-hydrogen) atoms. The van der Waals surface area contributed by atoms with Crippen molar-refractivity contribution in [2.24, 2.45) is 0 Å². The summed E-state index contributed by atoms with van der Waals surface area (Å²) < 4.78 is 0. The summed E-state index contributed by atoms with van der Waals surface area (Å²) in [6, 6.07) is 11.7. The molecule has 1 heterocycles. The van der Waals surface area contributed by atoms with E-state index in [4.69, 9.17) is 0 Å². The van der Waals surface area contributed by atoms with Crippen LogP contribution in [0.15, 0.2) is 36.4 Å². The molecule has 0 fully saturated rings. The number of nitrogens with zero attached hydrogens (tertiary/aromatic N) is 1. The van der Waals surface area contributed by atoms with Crippen molar-refractivity contribution in [1.29, 1.82) is 0 Å². The van der Waals surface area contributed by atoms with Crippen molar-refractivity contribution in [3.8, 4) is 0 Å². The zero-order valence-electron chi connectivity index (χ0n) is 7.52. The van der Waals surface area contributed by atoms with Gasteiger partial charge >= 0.3 is 0 Å². The van der Waals surface area contributed by atoms with Crippen LogP contribution in [0.2, 0.25) is 0 Å². The van der Waals surface area contributed by atoms with Crippen molar-refractivity contribution in [1.82, 2.24) is 4.98 Å². The van der Waals surface area contributed by atoms with Gasteiger partial charge in [-0.05, 0) is 12.1 Å². The number of fused-ring (bicyclic) bond motifs is 1. The van der Waals surface area contributed by atoms with Crippen molar-refractivity contribution in [3.05, 3.63) is 42.1 Å². The fraction of sp³-hybridized carbons (Fsp3) is 0.182. The number of rotatable bonds is 2. The van der Waals surface area contributed by atoms with Crippen LogP contribution in [-0.4, -0.2) is 15.4 Å². The quantitative estimate of drug-likeness (QED) is 0.833. The average Bonchev–Trinajstić information content (AvgIpc) is 2.27. The van der Waals surface area contributed by atoms with Crippen molar-refractivity contribution < 1.29 is 5.11 Å². The van der Waals surface area contributed by atoms with Crippen LogP contribution >= 0.6 is 15.9 Å². The molecule has 0 saturated carbocycles. The predicted molar refractivity (Wildman–Crippen MR) is 60.5 cm³/mol. The molecule has 0 aliphatic heterocycles. The third kappa shape index (κ3) is 1.79. The minimum Gasteiger partial charge on any atom is -0.386 e. The third-order valence-corrected chi connectivity index (χ3v) is 2.72. The maximum Gasteiger partial charge on any atom is 0.106 e. The van der Waals surface area contributed by atoms with Gasteiger partial charge in [-0.1, -0.05) is 40.2 Å². The first-order valence-corrected chi connectivity index (χ1v) is 5.53. The molecule has 0 radical (unpaired) electrons. The molecule has 0 amide bonds. The Morgan fingerprint density at radius 2 is 2.00 bits per heavy atom. The first kappa shape index (κ1) is 9.62. The van der Waals surface area contributed by atoms with Crippen LogP contribution in [0.5, 0.6) is 0 Å². The number of halogens is 1. The predicted octanol–water partition coefficient (Wildman–Crippen LogP) is 2.66. The van der Waals surface area contributed by atoms with Gasteiger partial charge in [0.05, 0.1) is 11.2 Å². The Hall–Kier alpha value is -0.930. The lowest BCUT2D eigenvalue weighted by atomic mass is 10.2. The van der Waals surface area contributed by atoms with Gasteiger partial charge in [0.15, 0.2) is 0 Å². The fourth-order valence-corrected chi connectivity index (χ4v) is 1.68. The maximum atomic E-state index is 9.58. The molecule has 1 aromatic heterocycles. The number of para-hydroxylation sites is 1. The Kier molecular flexibility index (Phi) is 2.79. The van der Waals surface area contributed by atoms with E-state index in [2.05, 4.69) is 20.9 Å². The van der Waals surface area contributed by atoms with E-state index in [-0.39, 0.29) is 0 Å². The highest BCUT2D eigenvalue weighted by atomic mass is 79.9. The molecular weight excluding hydrogens is 242 g/mol. The second-order valence-corrected chi connectivity index (χ2v) is 3.75. The highest BCUT2D eigenvalue weighted by Gasteiger charge is 2.06. The third-order valence-electron chi connectivity index (χ3n) is 2.11. The van der Waals surface area contributed by atoms with E-state index < -0.39 is 6.10 Å². The lowest BCUT2D eigenvalue weighted by Gasteiger charge is -2.06. The highest BCUT2D eigenvalue weighted by molar-refractivity contribution is 9.09. The van der Waals surface area contributed by atoms with Crippen LogP contribution in [-0.2, 0) is 0 Å². The van der Waals surface area contributed by atoms with Crippen LogP contribution in [0.4, 0.5) is 0 Å². The van der Waals surface area contributed by atoms with Crippen molar-refractivity contribution in [2.75, 3.05) is 5.33 Å². The average molecular weight is 252 g/mol. The summed E-state index contributed by atoms with van der Waals surface area (Å²) in [7, 11) is 0. The fourth-order valence-electron chi connectivity index (χ4n) is 1.35. The number of hydrogen-bond donors (Lipinski definition) is 1. The van der Waals surface area contributed by atoms with Gasteiger partial charge in [-0.2, -0.15) is 0 Å². The molecule has 2 aromatic rings. The molecule has 0 spiro atoms. The monoisotopic (exact) mass is 251 g/mol. The number of aliphatic hydroxyl groups is 1. The lowest BCUT2D eigenvalue weighted by molar-refractivity contribution is 0.201. The molecule has 3 heteroatoms. The van der Waals surface area contributed by atoms with Crippen molar-refractivity contribution in [2.45, 2.75) is 6.10 Å². The van der Waals surface area contributed by atoms with E-state index in [0.717, 1.165) is 10.9 Å². The van der Waals surface area contributed by atoms with E-state index >= 15 is 0 Å². The van der Waals surface area contributed by atoms with E-state index in [1.807, 2.05) is 36.4 Å². The molecule has 0 bridgehead atoms. The molecule has 72 valence electrons. The second kappa shape index (κ2) is 4.07. The molecule has 1 atom stereocenters. The summed E-state index contributed by atoms with van der Waals surface area (Å²) in [6.07, 6.45) is -0.528. The number of hydrogen-bond acceptors (Lipinski definition) is 2. The highest BCUT2D eigenvalue weighted by Crippen LogP contribution is 2.17. The molecule has 1 unspecified atom stereocenters. The Labute approximate surface area is 90.7 Å². The Balaban J connectivity index is 2.51. The van der Waals surface area contributed by atoms with E-state index in [1.54, 1.807) is 0 Å². The molecule has 0 saturated heterocycles. The molecule has 1 N–H and O–H groups in total. The van der Waals surface area contributed by atoms with Crippen LogP contribution < -0.4 is 0 Å². The van der Waals surface area contributed by atoms with Gasteiger partial charge in [-0.15, -0.1) is 0 Å². The minimum absolute atomic E-state index is 0.512. The van der Waals surface area contributed by atoms with Gasteiger partial charge in [0.1, 0.15) is 6.10 Å². The van der Waals surface area contributed by atoms with E-state index in [9.17, 15) is 5.11 Å². The summed E-state index contributed by atoms with van der Waals surface area (Å²) >= 11 is 3.23. The molecular formula is C11H10BrNO. The van der Waals surface area contributed by atoms with Gasteiger partial charge in [-0.25, -0.2) is 0 Å². The van der Waals surface area contributed by atoms with Gasteiger partial charge in [0.25, 0.3) is 0 Å². The summed E-state index contributed by atoms with van der Waals surface area (Å²) in [6.45, 7) is 0. The number of benzene rings is 1. The summed E-state index contributed by atoms with van der Waals surface area (Å²) in [5.41, 5.74) is 1.63. The van der Waals surface area contributed by atoms with Gasteiger partial charge in [-0.3, -0.25) is 4.98 Å². The Bertz CT molecular complexity index is 444. The van der Waals surface area contributed by atoms with Crippen LogP contribution in [0.1, 0.15) is 11.8 Å². The van der Waals surface area contributed by atoms with E-state index in [1.165, 1.54) is 0 Å². The maximum absolute atomic E-state index is 9.58. The van der Waals surface area contributed by atoms with Crippen molar-refractivity contribution in [3.63, 3.8) is 0 Å². The largest absolute Gasteiger partial charge is 0.386 e. The van der Waals surface area contributed by atoms with Gasteiger partial charge < -0.3 is 5.11 Å².